The van der Waals surface area contributed by atoms with Crippen LogP contribution >= 0.6 is 27.5 Å². The van der Waals surface area contributed by atoms with Crippen LogP contribution in [0.15, 0.2) is 22.7 Å². The molecule has 1 aromatic rings. The Morgan fingerprint density at radius 2 is 2.21 bits per heavy atom. The van der Waals surface area contributed by atoms with Crippen molar-refractivity contribution in [1.29, 1.82) is 0 Å². The third kappa shape index (κ3) is 4.32. The second kappa shape index (κ2) is 6.40. The molecule has 1 aliphatic rings. The second-order valence-corrected chi connectivity index (χ2v) is 6.14. The molecule has 1 nitrogen and oxygen atoms in total. The van der Waals surface area contributed by atoms with Crippen molar-refractivity contribution < 1.29 is 13.5 Å². The second-order valence-electron chi connectivity index (χ2n) is 5.02. The van der Waals surface area contributed by atoms with Crippen molar-refractivity contribution in [3.05, 3.63) is 28.2 Å². The minimum absolute atomic E-state index is 0.0121. The Morgan fingerprint density at radius 1 is 1.42 bits per heavy atom. The number of ether oxygens (including phenoxy) is 1. The van der Waals surface area contributed by atoms with Crippen molar-refractivity contribution in [3.63, 3.8) is 0 Å². The van der Waals surface area contributed by atoms with Gasteiger partial charge in [0.1, 0.15) is 5.75 Å². The minimum Gasteiger partial charge on any atom is -0.493 e. The van der Waals surface area contributed by atoms with E-state index in [4.69, 9.17) is 16.3 Å². The first kappa shape index (κ1) is 15.0. The summed E-state index contributed by atoms with van der Waals surface area (Å²) in [5.41, 5.74) is 0.938. The van der Waals surface area contributed by atoms with E-state index in [9.17, 15) is 8.78 Å². The summed E-state index contributed by atoms with van der Waals surface area (Å²) in [6, 6.07) is 5.53. The first-order valence-electron chi connectivity index (χ1n) is 6.35. The van der Waals surface area contributed by atoms with Gasteiger partial charge in [0.2, 0.25) is 5.92 Å². The van der Waals surface area contributed by atoms with E-state index < -0.39 is 5.92 Å². The molecular weight excluding hydrogens is 338 g/mol. The summed E-state index contributed by atoms with van der Waals surface area (Å²) in [4.78, 5) is 0. The molecule has 1 unspecified atom stereocenters. The number of alkyl halides is 3. The zero-order valence-corrected chi connectivity index (χ0v) is 12.8. The summed E-state index contributed by atoms with van der Waals surface area (Å²) >= 11 is 9.20. The van der Waals surface area contributed by atoms with Crippen molar-refractivity contribution in [2.75, 3.05) is 6.61 Å². The molecule has 0 aliphatic heterocycles. The molecule has 106 valence electrons. The van der Waals surface area contributed by atoms with Gasteiger partial charge in [-0.25, -0.2) is 8.78 Å². The number of rotatable bonds is 4. The molecule has 0 amide bonds. The van der Waals surface area contributed by atoms with Gasteiger partial charge in [-0.1, -0.05) is 15.9 Å². The lowest BCUT2D eigenvalue weighted by Gasteiger charge is -2.28. The average Bonchev–Trinajstić information content (AvgIpc) is 2.36. The van der Waals surface area contributed by atoms with Gasteiger partial charge in [0, 0.05) is 23.2 Å². The highest BCUT2D eigenvalue weighted by molar-refractivity contribution is 9.10. The summed E-state index contributed by atoms with van der Waals surface area (Å²) in [5.74, 6) is -1.51. The van der Waals surface area contributed by atoms with Gasteiger partial charge in [0.15, 0.2) is 0 Å². The predicted molar refractivity (Wildman–Crippen MR) is 76.1 cm³/mol. The molecule has 0 N–H and O–H groups in total. The topological polar surface area (TPSA) is 9.23 Å². The molecule has 19 heavy (non-hydrogen) atoms. The van der Waals surface area contributed by atoms with Crippen LogP contribution in [0.3, 0.4) is 0 Å². The third-order valence-corrected chi connectivity index (χ3v) is 4.45. The average molecular weight is 354 g/mol. The molecule has 0 aromatic heterocycles. The van der Waals surface area contributed by atoms with E-state index in [1.54, 1.807) is 0 Å². The lowest BCUT2D eigenvalue weighted by molar-refractivity contribution is -0.0585. The maximum Gasteiger partial charge on any atom is 0.248 e. The Morgan fingerprint density at radius 3 is 2.89 bits per heavy atom. The van der Waals surface area contributed by atoms with Crippen molar-refractivity contribution in [2.45, 2.75) is 37.5 Å². The highest BCUT2D eigenvalue weighted by Crippen LogP contribution is 2.37. The van der Waals surface area contributed by atoms with Crippen LogP contribution in [0.4, 0.5) is 8.78 Å². The molecule has 0 saturated heterocycles. The molecule has 0 radical (unpaired) electrons. The van der Waals surface area contributed by atoms with Gasteiger partial charge in [-0.3, -0.25) is 0 Å². The molecule has 0 heterocycles. The fourth-order valence-electron chi connectivity index (χ4n) is 2.38. The SMILES string of the molecule is FC1(F)CCCC(COc2ccc(Br)c(CCl)c2)C1. The van der Waals surface area contributed by atoms with Crippen LogP contribution < -0.4 is 4.74 Å². The van der Waals surface area contributed by atoms with Crippen LogP contribution in [-0.4, -0.2) is 12.5 Å². The van der Waals surface area contributed by atoms with Gasteiger partial charge in [-0.2, -0.15) is 0 Å². The fourth-order valence-corrected chi connectivity index (χ4v) is 3.14. The number of benzene rings is 1. The summed E-state index contributed by atoms with van der Waals surface area (Å²) in [6.07, 6.45) is 1.34. The lowest BCUT2D eigenvalue weighted by atomic mass is 9.87. The fraction of sp³-hybridized carbons (Fsp3) is 0.571. The number of hydrogen-bond acceptors (Lipinski definition) is 1. The Labute approximate surface area is 125 Å². The third-order valence-electron chi connectivity index (χ3n) is 3.39. The minimum atomic E-state index is -2.52. The van der Waals surface area contributed by atoms with E-state index in [-0.39, 0.29) is 18.8 Å². The summed E-state index contributed by atoms with van der Waals surface area (Å²) in [7, 11) is 0. The number of hydrogen-bond donors (Lipinski definition) is 0. The smallest absolute Gasteiger partial charge is 0.248 e. The van der Waals surface area contributed by atoms with Crippen molar-refractivity contribution in [3.8, 4) is 5.75 Å². The quantitative estimate of drug-likeness (QED) is 0.659. The van der Waals surface area contributed by atoms with Crippen LogP contribution in [0.25, 0.3) is 0 Å². The van der Waals surface area contributed by atoms with E-state index >= 15 is 0 Å². The van der Waals surface area contributed by atoms with Gasteiger partial charge in [-0.05, 0) is 42.5 Å². The molecule has 5 heteroatoms. The van der Waals surface area contributed by atoms with Gasteiger partial charge in [0.25, 0.3) is 0 Å². The summed E-state index contributed by atoms with van der Waals surface area (Å²) in [6.45, 7) is 0.346. The van der Waals surface area contributed by atoms with E-state index in [2.05, 4.69) is 15.9 Å². The Kier molecular flexibility index (Phi) is 5.07. The van der Waals surface area contributed by atoms with Crippen LogP contribution in [0.2, 0.25) is 0 Å². The maximum atomic E-state index is 13.3. The maximum absolute atomic E-state index is 13.3. The van der Waals surface area contributed by atoms with E-state index in [1.165, 1.54) is 0 Å². The first-order chi connectivity index (χ1) is 9.00. The Bertz CT molecular complexity index is 439. The van der Waals surface area contributed by atoms with Crippen molar-refractivity contribution >= 4 is 27.5 Å². The highest BCUT2D eigenvalue weighted by atomic mass is 79.9. The van der Waals surface area contributed by atoms with Gasteiger partial charge in [0.05, 0.1) is 6.61 Å². The van der Waals surface area contributed by atoms with Gasteiger partial charge >= 0.3 is 0 Å². The Balaban J connectivity index is 1.91. The molecule has 1 aliphatic carbocycles. The highest BCUT2D eigenvalue weighted by Gasteiger charge is 2.36. The molecule has 0 spiro atoms. The van der Waals surface area contributed by atoms with Gasteiger partial charge < -0.3 is 4.74 Å². The number of halogens is 4. The summed E-state index contributed by atoms with van der Waals surface area (Å²) in [5, 5.41) is 0. The Hall–Kier alpha value is -0.350. The van der Waals surface area contributed by atoms with E-state index in [0.29, 0.717) is 24.7 Å². The summed E-state index contributed by atoms with van der Waals surface area (Å²) < 4.78 is 33.1. The van der Waals surface area contributed by atoms with E-state index in [0.717, 1.165) is 16.5 Å². The molecule has 1 fully saturated rings. The standard InChI is InChI=1S/C14H16BrClF2O/c15-13-4-3-12(6-11(13)8-16)19-9-10-2-1-5-14(17,18)7-10/h3-4,6,10H,1-2,5,7-9H2. The van der Waals surface area contributed by atoms with Gasteiger partial charge in [-0.15, -0.1) is 11.6 Å². The molecule has 1 aromatic carbocycles. The zero-order valence-electron chi connectivity index (χ0n) is 10.5. The molecule has 1 saturated carbocycles. The molecule has 0 bridgehead atoms. The van der Waals surface area contributed by atoms with Crippen molar-refractivity contribution in [2.24, 2.45) is 5.92 Å². The van der Waals surface area contributed by atoms with Crippen LogP contribution in [0, 0.1) is 5.92 Å². The monoisotopic (exact) mass is 352 g/mol. The molecule has 1 atom stereocenters. The normalized spacial score (nSPS) is 22.2. The van der Waals surface area contributed by atoms with Crippen LogP contribution in [-0.2, 0) is 5.88 Å². The molecule has 2 rings (SSSR count). The lowest BCUT2D eigenvalue weighted by Crippen LogP contribution is -2.29. The predicted octanol–water partition coefficient (Wildman–Crippen LogP) is 5.39. The van der Waals surface area contributed by atoms with Crippen LogP contribution in [0.5, 0.6) is 5.75 Å². The molecular formula is C14H16BrClF2O. The largest absolute Gasteiger partial charge is 0.493 e. The first-order valence-corrected chi connectivity index (χ1v) is 7.68. The van der Waals surface area contributed by atoms with Crippen molar-refractivity contribution in [1.82, 2.24) is 0 Å². The van der Waals surface area contributed by atoms with Crippen LogP contribution in [0.1, 0.15) is 31.2 Å². The zero-order chi connectivity index (χ0) is 13.9. The van der Waals surface area contributed by atoms with E-state index in [1.807, 2.05) is 18.2 Å².